The van der Waals surface area contributed by atoms with Gasteiger partial charge in [0, 0.05) is 13.1 Å². The normalized spacial score (nSPS) is 28.8. The van der Waals surface area contributed by atoms with E-state index < -0.39 is 5.41 Å². The zero-order chi connectivity index (χ0) is 14.2. The van der Waals surface area contributed by atoms with Crippen molar-refractivity contribution < 1.29 is 4.79 Å². The zero-order valence-corrected chi connectivity index (χ0v) is 11.9. The molecule has 0 spiro atoms. The van der Waals surface area contributed by atoms with Gasteiger partial charge in [-0.1, -0.05) is 31.2 Å². The van der Waals surface area contributed by atoms with Gasteiger partial charge in [0.05, 0.1) is 6.07 Å². The number of hydrogen-bond acceptors (Lipinski definition) is 2. The molecule has 20 heavy (non-hydrogen) atoms. The maximum Gasteiger partial charge on any atom is 0.243 e. The van der Waals surface area contributed by atoms with Gasteiger partial charge in [-0.05, 0) is 42.7 Å². The largest absolute Gasteiger partial charge is 0.337 e. The molecule has 0 aromatic heterocycles. The Balaban J connectivity index is 1.81. The second-order valence-corrected chi connectivity index (χ2v) is 6.31. The summed E-state index contributed by atoms with van der Waals surface area (Å²) in [6.45, 7) is 3.54. The molecule has 1 aromatic rings. The van der Waals surface area contributed by atoms with E-state index in [1.807, 2.05) is 11.0 Å². The molecular weight excluding hydrogens is 248 g/mol. The van der Waals surface area contributed by atoms with Crippen LogP contribution in [0.3, 0.4) is 0 Å². The number of nitrogens with zero attached hydrogens (tertiary/aromatic N) is 2. The summed E-state index contributed by atoms with van der Waals surface area (Å²) in [5.41, 5.74) is 1.84. The summed E-state index contributed by atoms with van der Waals surface area (Å²) in [4.78, 5) is 14.6. The predicted octanol–water partition coefficient (Wildman–Crippen LogP) is 2.90. The van der Waals surface area contributed by atoms with E-state index in [0.717, 1.165) is 32.2 Å². The molecule has 1 saturated carbocycles. The SMILES string of the molecule is CC1CC(C#N)(C(=O)N2CCCc3ccccc3C2)C1. The Kier molecular flexibility index (Phi) is 3.25. The summed E-state index contributed by atoms with van der Waals surface area (Å²) in [7, 11) is 0. The minimum Gasteiger partial charge on any atom is -0.337 e. The van der Waals surface area contributed by atoms with Gasteiger partial charge in [-0.3, -0.25) is 4.79 Å². The number of rotatable bonds is 1. The van der Waals surface area contributed by atoms with Crippen LogP contribution in [0.5, 0.6) is 0 Å². The lowest BCUT2D eigenvalue weighted by Gasteiger charge is -2.42. The van der Waals surface area contributed by atoms with Crippen molar-refractivity contribution in [3.8, 4) is 6.07 Å². The van der Waals surface area contributed by atoms with Crippen LogP contribution in [0.15, 0.2) is 24.3 Å². The Morgan fingerprint density at radius 3 is 2.70 bits per heavy atom. The Morgan fingerprint density at radius 1 is 1.35 bits per heavy atom. The van der Waals surface area contributed by atoms with E-state index >= 15 is 0 Å². The van der Waals surface area contributed by atoms with Crippen molar-refractivity contribution in [2.45, 2.75) is 39.2 Å². The minimum atomic E-state index is -0.737. The number of hydrogen-bond donors (Lipinski definition) is 0. The highest BCUT2D eigenvalue weighted by molar-refractivity contribution is 5.86. The summed E-state index contributed by atoms with van der Waals surface area (Å²) < 4.78 is 0. The van der Waals surface area contributed by atoms with E-state index in [1.54, 1.807) is 0 Å². The van der Waals surface area contributed by atoms with Crippen LogP contribution in [0, 0.1) is 22.7 Å². The van der Waals surface area contributed by atoms with Crippen molar-refractivity contribution in [1.29, 1.82) is 5.26 Å². The molecule has 1 aliphatic heterocycles. The number of nitriles is 1. The van der Waals surface area contributed by atoms with Crippen LogP contribution < -0.4 is 0 Å². The highest BCUT2D eigenvalue weighted by Crippen LogP contribution is 2.46. The fourth-order valence-corrected chi connectivity index (χ4v) is 3.62. The Bertz CT molecular complexity index is 567. The number of carbonyl (C=O) groups is 1. The molecule has 1 aliphatic carbocycles. The third-order valence-electron chi connectivity index (χ3n) is 4.66. The van der Waals surface area contributed by atoms with E-state index in [0.29, 0.717) is 12.5 Å². The average molecular weight is 268 g/mol. The predicted molar refractivity (Wildman–Crippen MR) is 76.6 cm³/mol. The maximum absolute atomic E-state index is 12.7. The van der Waals surface area contributed by atoms with Gasteiger partial charge in [0.2, 0.25) is 5.91 Å². The number of carbonyl (C=O) groups excluding carboxylic acids is 1. The van der Waals surface area contributed by atoms with Crippen LogP contribution in [0.25, 0.3) is 0 Å². The molecule has 1 amide bonds. The summed E-state index contributed by atoms with van der Waals surface area (Å²) in [5, 5.41) is 9.42. The van der Waals surface area contributed by atoms with Gasteiger partial charge < -0.3 is 4.90 Å². The monoisotopic (exact) mass is 268 g/mol. The van der Waals surface area contributed by atoms with E-state index in [-0.39, 0.29) is 5.91 Å². The van der Waals surface area contributed by atoms with Crippen LogP contribution in [-0.2, 0) is 17.8 Å². The highest BCUT2D eigenvalue weighted by atomic mass is 16.2. The Labute approximate surface area is 120 Å². The average Bonchev–Trinajstić information content (AvgIpc) is 2.65. The maximum atomic E-state index is 12.7. The van der Waals surface area contributed by atoms with Gasteiger partial charge in [-0.15, -0.1) is 0 Å². The van der Waals surface area contributed by atoms with Gasteiger partial charge in [0.25, 0.3) is 0 Å². The number of amides is 1. The van der Waals surface area contributed by atoms with E-state index in [1.165, 1.54) is 11.1 Å². The first-order valence-electron chi connectivity index (χ1n) is 7.42. The van der Waals surface area contributed by atoms with Crippen LogP contribution in [-0.4, -0.2) is 17.4 Å². The van der Waals surface area contributed by atoms with Crippen LogP contribution in [0.1, 0.15) is 37.3 Å². The van der Waals surface area contributed by atoms with Crippen molar-refractivity contribution in [2.24, 2.45) is 11.3 Å². The number of fused-ring (bicyclic) bond motifs is 1. The van der Waals surface area contributed by atoms with E-state index in [4.69, 9.17) is 0 Å². The summed E-state index contributed by atoms with van der Waals surface area (Å²) in [6, 6.07) is 10.6. The topological polar surface area (TPSA) is 44.1 Å². The second-order valence-electron chi connectivity index (χ2n) is 6.31. The van der Waals surface area contributed by atoms with Crippen LogP contribution in [0.4, 0.5) is 0 Å². The van der Waals surface area contributed by atoms with Crippen LogP contribution in [0.2, 0.25) is 0 Å². The van der Waals surface area contributed by atoms with Gasteiger partial charge in [0.1, 0.15) is 5.41 Å². The van der Waals surface area contributed by atoms with Crippen LogP contribution >= 0.6 is 0 Å². The minimum absolute atomic E-state index is 0.0507. The standard InChI is InChI=1S/C17H20N2O/c1-13-9-17(10-13,12-18)16(20)19-8-4-7-14-5-2-3-6-15(14)11-19/h2-3,5-6,13H,4,7-11H2,1H3. The van der Waals surface area contributed by atoms with Crippen molar-refractivity contribution >= 4 is 5.91 Å². The van der Waals surface area contributed by atoms with Gasteiger partial charge in [-0.25, -0.2) is 0 Å². The smallest absolute Gasteiger partial charge is 0.243 e. The zero-order valence-electron chi connectivity index (χ0n) is 11.9. The third kappa shape index (κ3) is 2.10. The third-order valence-corrected chi connectivity index (χ3v) is 4.66. The lowest BCUT2D eigenvalue weighted by molar-refractivity contribution is -0.146. The molecule has 0 radical (unpaired) electrons. The van der Waals surface area contributed by atoms with Crippen molar-refractivity contribution in [1.82, 2.24) is 4.90 Å². The number of aryl methyl sites for hydroxylation is 1. The first-order valence-corrected chi connectivity index (χ1v) is 7.42. The van der Waals surface area contributed by atoms with Crippen molar-refractivity contribution in [3.63, 3.8) is 0 Å². The number of benzene rings is 1. The molecular formula is C17H20N2O. The Morgan fingerprint density at radius 2 is 2.05 bits per heavy atom. The van der Waals surface area contributed by atoms with Gasteiger partial charge >= 0.3 is 0 Å². The lowest BCUT2D eigenvalue weighted by atomic mass is 9.62. The van der Waals surface area contributed by atoms with E-state index in [2.05, 4.69) is 31.2 Å². The molecule has 0 saturated heterocycles. The fraction of sp³-hybridized carbons (Fsp3) is 0.529. The molecule has 0 bridgehead atoms. The molecule has 0 atom stereocenters. The van der Waals surface area contributed by atoms with Gasteiger partial charge in [-0.2, -0.15) is 5.26 Å². The highest BCUT2D eigenvalue weighted by Gasteiger charge is 2.50. The molecule has 3 heteroatoms. The fourth-order valence-electron chi connectivity index (χ4n) is 3.62. The first-order chi connectivity index (χ1) is 9.64. The molecule has 3 rings (SSSR count). The van der Waals surface area contributed by atoms with Crippen molar-refractivity contribution in [2.75, 3.05) is 6.54 Å². The summed E-state index contributed by atoms with van der Waals surface area (Å²) >= 11 is 0. The molecule has 1 aromatic carbocycles. The molecule has 2 aliphatic rings. The Hall–Kier alpha value is -1.82. The lowest BCUT2D eigenvalue weighted by Crippen LogP contribution is -2.49. The second kappa shape index (κ2) is 4.94. The van der Waals surface area contributed by atoms with Crippen molar-refractivity contribution in [3.05, 3.63) is 35.4 Å². The molecule has 1 fully saturated rings. The summed E-state index contributed by atoms with van der Waals surface area (Å²) in [5.74, 6) is 0.549. The first kappa shape index (κ1) is 13.2. The quantitative estimate of drug-likeness (QED) is 0.786. The molecule has 3 nitrogen and oxygen atoms in total. The molecule has 1 heterocycles. The summed E-state index contributed by atoms with van der Waals surface area (Å²) in [6.07, 6.45) is 3.46. The molecule has 0 unspecified atom stereocenters. The van der Waals surface area contributed by atoms with Gasteiger partial charge in [0.15, 0.2) is 0 Å². The van der Waals surface area contributed by atoms with E-state index in [9.17, 15) is 10.1 Å². The molecule has 0 N–H and O–H groups in total. The molecule has 104 valence electrons.